The van der Waals surface area contributed by atoms with Gasteiger partial charge in [-0.2, -0.15) is 5.10 Å². The minimum absolute atomic E-state index is 0.484. The highest BCUT2D eigenvalue weighted by Gasteiger charge is 2.20. The molecule has 1 aliphatic rings. The largest absolute Gasteiger partial charge is 0.383 e. The van der Waals surface area contributed by atoms with E-state index in [9.17, 15) is 0 Å². The van der Waals surface area contributed by atoms with Crippen molar-refractivity contribution in [2.24, 2.45) is 0 Å². The van der Waals surface area contributed by atoms with Crippen molar-refractivity contribution in [3.8, 4) is 0 Å². The van der Waals surface area contributed by atoms with Gasteiger partial charge >= 0.3 is 0 Å². The maximum Gasteiger partial charge on any atom is 0.140 e. The molecule has 3 nitrogen and oxygen atoms in total. The summed E-state index contributed by atoms with van der Waals surface area (Å²) in [5, 5.41) is 4.73. The van der Waals surface area contributed by atoms with Crippen molar-refractivity contribution in [1.82, 2.24) is 9.78 Å². The molecule has 0 radical (unpaired) electrons. The van der Waals surface area contributed by atoms with E-state index in [0.29, 0.717) is 16.9 Å². The predicted octanol–water partition coefficient (Wildman–Crippen LogP) is 2.23. The number of aromatic nitrogens is 2. The Balaban J connectivity index is 2.26. The number of halogens is 1. The van der Waals surface area contributed by atoms with Crippen LogP contribution in [0.1, 0.15) is 31.7 Å². The first-order valence-corrected chi connectivity index (χ1v) is 4.65. The van der Waals surface area contributed by atoms with Crippen molar-refractivity contribution in [2.45, 2.75) is 31.7 Å². The Morgan fingerprint density at radius 1 is 1.50 bits per heavy atom. The lowest BCUT2D eigenvalue weighted by Crippen LogP contribution is -2.09. The van der Waals surface area contributed by atoms with Crippen LogP contribution in [0.5, 0.6) is 0 Å². The minimum atomic E-state index is 0.484. The lowest BCUT2D eigenvalue weighted by molar-refractivity contribution is 0.474. The van der Waals surface area contributed by atoms with Gasteiger partial charge in [0.15, 0.2) is 0 Å². The summed E-state index contributed by atoms with van der Waals surface area (Å²) in [6, 6.07) is 0.484. The first-order valence-electron chi connectivity index (χ1n) is 4.27. The van der Waals surface area contributed by atoms with Crippen LogP contribution in [0.2, 0.25) is 5.02 Å². The third-order valence-corrected chi connectivity index (χ3v) is 2.75. The van der Waals surface area contributed by atoms with E-state index < -0.39 is 0 Å². The molecule has 66 valence electrons. The molecule has 0 aromatic carbocycles. The van der Waals surface area contributed by atoms with Crippen LogP contribution in [0.4, 0.5) is 5.82 Å². The lowest BCUT2D eigenvalue weighted by atomic mass is 10.2. The average molecular weight is 186 g/mol. The Morgan fingerprint density at radius 2 is 2.17 bits per heavy atom. The first-order chi connectivity index (χ1) is 5.79. The maximum atomic E-state index is 5.80. The maximum absolute atomic E-state index is 5.80. The van der Waals surface area contributed by atoms with Crippen LogP contribution in [0.25, 0.3) is 0 Å². The fraction of sp³-hybridized carbons (Fsp3) is 0.625. The molecule has 1 aliphatic carbocycles. The molecular weight excluding hydrogens is 174 g/mol. The zero-order chi connectivity index (χ0) is 8.55. The summed E-state index contributed by atoms with van der Waals surface area (Å²) in [6.45, 7) is 0. The van der Waals surface area contributed by atoms with Gasteiger partial charge in [-0.15, -0.1) is 0 Å². The molecule has 1 saturated carbocycles. The zero-order valence-electron chi connectivity index (χ0n) is 6.83. The Morgan fingerprint density at radius 3 is 2.67 bits per heavy atom. The second-order valence-electron chi connectivity index (χ2n) is 3.26. The summed E-state index contributed by atoms with van der Waals surface area (Å²) >= 11 is 5.80. The van der Waals surface area contributed by atoms with Crippen molar-refractivity contribution in [3.63, 3.8) is 0 Å². The molecular formula is C8H12ClN3. The van der Waals surface area contributed by atoms with E-state index in [1.54, 1.807) is 6.20 Å². The van der Waals surface area contributed by atoms with Crippen LogP contribution in [0.15, 0.2) is 6.20 Å². The number of nitrogen functional groups attached to an aromatic ring is 1. The van der Waals surface area contributed by atoms with Crippen LogP contribution < -0.4 is 5.73 Å². The molecule has 2 rings (SSSR count). The van der Waals surface area contributed by atoms with Gasteiger partial charge < -0.3 is 5.73 Å². The smallest absolute Gasteiger partial charge is 0.140 e. The van der Waals surface area contributed by atoms with Gasteiger partial charge in [0.2, 0.25) is 0 Å². The van der Waals surface area contributed by atoms with Crippen LogP contribution in [-0.2, 0) is 0 Å². The summed E-state index contributed by atoms with van der Waals surface area (Å²) in [5.41, 5.74) is 5.75. The van der Waals surface area contributed by atoms with Gasteiger partial charge in [0.1, 0.15) is 10.8 Å². The molecule has 1 heterocycles. The predicted molar refractivity (Wildman–Crippen MR) is 49.2 cm³/mol. The van der Waals surface area contributed by atoms with Crippen molar-refractivity contribution < 1.29 is 0 Å². The van der Waals surface area contributed by atoms with Crippen molar-refractivity contribution in [3.05, 3.63) is 11.2 Å². The lowest BCUT2D eigenvalue weighted by Gasteiger charge is -2.10. The molecule has 0 bridgehead atoms. The Labute approximate surface area is 76.5 Å². The number of nitrogens with two attached hydrogens (primary N) is 1. The van der Waals surface area contributed by atoms with E-state index in [1.807, 2.05) is 4.68 Å². The second kappa shape index (κ2) is 2.98. The fourth-order valence-electron chi connectivity index (χ4n) is 1.79. The SMILES string of the molecule is Nc1c(Cl)cnn1C1CCCC1. The molecule has 0 spiro atoms. The monoisotopic (exact) mass is 185 g/mol. The molecule has 1 aromatic rings. The van der Waals surface area contributed by atoms with E-state index in [0.717, 1.165) is 0 Å². The van der Waals surface area contributed by atoms with Crippen molar-refractivity contribution in [2.75, 3.05) is 5.73 Å². The highest BCUT2D eigenvalue weighted by molar-refractivity contribution is 6.32. The van der Waals surface area contributed by atoms with Crippen molar-refractivity contribution >= 4 is 17.4 Å². The van der Waals surface area contributed by atoms with Crippen LogP contribution in [0.3, 0.4) is 0 Å². The molecule has 0 atom stereocenters. The van der Waals surface area contributed by atoms with Crippen molar-refractivity contribution in [1.29, 1.82) is 0 Å². The first kappa shape index (κ1) is 7.92. The average Bonchev–Trinajstić information content (AvgIpc) is 2.64. The molecule has 2 N–H and O–H groups in total. The number of hydrogen-bond donors (Lipinski definition) is 1. The van der Waals surface area contributed by atoms with Gasteiger partial charge in [-0.1, -0.05) is 24.4 Å². The number of nitrogens with zero attached hydrogens (tertiary/aromatic N) is 2. The van der Waals surface area contributed by atoms with Gasteiger partial charge in [0.05, 0.1) is 12.2 Å². The van der Waals surface area contributed by atoms with E-state index in [-0.39, 0.29) is 0 Å². The van der Waals surface area contributed by atoms with E-state index in [4.69, 9.17) is 17.3 Å². The van der Waals surface area contributed by atoms with Gasteiger partial charge in [-0.25, -0.2) is 4.68 Å². The van der Waals surface area contributed by atoms with Crippen LogP contribution in [0, 0.1) is 0 Å². The highest BCUT2D eigenvalue weighted by Crippen LogP contribution is 2.32. The normalized spacial score (nSPS) is 18.8. The Kier molecular flexibility index (Phi) is 1.97. The summed E-state index contributed by atoms with van der Waals surface area (Å²) in [6.07, 6.45) is 6.54. The summed E-state index contributed by atoms with van der Waals surface area (Å²) in [5.74, 6) is 0.614. The van der Waals surface area contributed by atoms with Gasteiger partial charge in [0.25, 0.3) is 0 Å². The van der Waals surface area contributed by atoms with Gasteiger partial charge in [0, 0.05) is 0 Å². The highest BCUT2D eigenvalue weighted by atomic mass is 35.5. The quantitative estimate of drug-likeness (QED) is 0.729. The number of hydrogen-bond acceptors (Lipinski definition) is 2. The minimum Gasteiger partial charge on any atom is -0.383 e. The molecule has 0 saturated heterocycles. The summed E-state index contributed by atoms with van der Waals surface area (Å²) < 4.78 is 1.86. The third-order valence-electron chi connectivity index (χ3n) is 2.46. The standard InChI is InChI=1S/C8H12ClN3/c9-7-5-11-12(8(7)10)6-3-1-2-4-6/h5-6H,1-4,10H2. The van der Waals surface area contributed by atoms with E-state index in [2.05, 4.69) is 5.10 Å². The van der Waals surface area contributed by atoms with E-state index in [1.165, 1.54) is 25.7 Å². The molecule has 0 unspecified atom stereocenters. The molecule has 12 heavy (non-hydrogen) atoms. The molecule has 4 heteroatoms. The number of rotatable bonds is 1. The molecule has 0 amide bonds. The third kappa shape index (κ3) is 1.18. The Hall–Kier alpha value is -0.700. The summed E-state index contributed by atoms with van der Waals surface area (Å²) in [4.78, 5) is 0. The van der Waals surface area contributed by atoms with Crippen LogP contribution in [-0.4, -0.2) is 9.78 Å². The zero-order valence-corrected chi connectivity index (χ0v) is 7.59. The number of anilines is 1. The molecule has 1 aromatic heterocycles. The molecule has 0 aliphatic heterocycles. The summed E-state index contributed by atoms with van der Waals surface area (Å²) in [7, 11) is 0. The van der Waals surface area contributed by atoms with Crippen LogP contribution >= 0.6 is 11.6 Å². The van der Waals surface area contributed by atoms with E-state index >= 15 is 0 Å². The van der Waals surface area contributed by atoms with Gasteiger partial charge in [-0.05, 0) is 12.8 Å². The van der Waals surface area contributed by atoms with Gasteiger partial charge in [-0.3, -0.25) is 0 Å². The topological polar surface area (TPSA) is 43.8 Å². The molecule has 1 fully saturated rings. The Bertz CT molecular complexity index is 276. The fourth-order valence-corrected chi connectivity index (χ4v) is 1.92. The second-order valence-corrected chi connectivity index (χ2v) is 3.67.